The van der Waals surface area contributed by atoms with E-state index in [1.807, 2.05) is 24.3 Å². The quantitative estimate of drug-likeness (QED) is 0.804. The molecule has 26 heavy (non-hydrogen) atoms. The number of aryl methyl sites for hydroxylation is 3. The van der Waals surface area contributed by atoms with Gasteiger partial charge in [0.15, 0.2) is 0 Å². The number of hydrogen-bond donors (Lipinski definition) is 1. The van der Waals surface area contributed by atoms with Crippen LogP contribution < -0.4 is 10.1 Å². The van der Waals surface area contributed by atoms with Crippen LogP contribution in [0.15, 0.2) is 28.8 Å². The molecule has 1 aromatic heterocycles. The van der Waals surface area contributed by atoms with E-state index in [4.69, 9.17) is 9.26 Å². The van der Waals surface area contributed by atoms with Crippen LogP contribution in [0.4, 0.5) is 4.79 Å². The lowest BCUT2D eigenvalue weighted by molar-refractivity contribution is -0.131. The number of imide groups is 1. The van der Waals surface area contributed by atoms with Gasteiger partial charge in [-0.2, -0.15) is 0 Å². The van der Waals surface area contributed by atoms with Crippen molar-refractivity contribution in [1.82, 2.24) is 15.4 Å². The Labute approximate surface area is 152 Å². The Morgan fingerprint density at radius 3 is 2.50 bits per heavy atom. The third kappa shape index (κ3) is 3.29. The summed E-state index contributed by atoms with van der Waals surface area (Å²) in [4.78, 5) is 26.5. The molecule has 0 unspecified atom stereocenters. The third-order valence-electron chi connectivity index (χ3n) is 4.92. The summed E-state index contributed by atoms with van der Waals surface area (Å²) < 4.78 is 10.3. The van der Waals surface area contributed by atoms with Gasteiger partial charge in [-0.3, -0.25) is 9.69 Å². The van der Waals surface area contributed by atoms with Crippen LogP contribution in [0.5, 0.6) is 5.75 Å². The van der Waals surface area contributed by atoms with E-state index in [1.54, 1.807) is 27.9 Å². The highest BCUT2D eigenvalue weighted by molar-refractivity contribution is 6.06. The van der Waals surface area contributed by atoms with Crippen molar-refractivity contribution in [3.63, 3.8) is 0 Å². The summed E-state index contributed by atoms with van der Waals surface area (Å²) in [6.45, 7) is 5.51. The fourth-order valence-electron chi connectivity index (χ4n) is 3.13. The van der Waals surface area contributed by atoms with E-state index in [1.165, 1.54) is 4.90 Å². The highest BCUT2D eigenvalue weighted by Gasteiger charge is 2.47. The van der Waals surface area contributed by atoms with Gasteiger partial charge < -0.3 is 14.6 Å². The molecule has 1 atom stereocenters. The number of hydrogen-bond acceptors (Lipinski definition) is 5. The largest absolute Gasteiger partial charge is 0.497 e. The van der Waals surface area contributed by atoms with Crippen LogP contribution in [0, 0.1) is 13.8 Å². The minimum Gasteiger partial charge on any atom is -0.497 e. The zero-order valence-electron chi connectivity index (χ0n) is 15.5. The Hall–Kier alpha value is -2.83. The molecule has 7 nitrogen and oxygen atoms in total. The van der Waals surface area contributed by atoms with Crippen molar-refractivity contribution in [2.45, 2.75) is 45.7 Å². The van der Waals surface area contributed by atoms with Crippen LogP contribution in [-0.4, -0.2) is 34.6 Å². The minimum atomic E-state index is -0.921. The Morgan fingerprint density at radius 1 is 1.23 bits per heavy atom. The molecule has 1 fully saturated rings. The summed E-state index contributed by atoms with van der Waals surface area (Å²) in [5, 5.41) is 6.72. The zero-order chi connectivity index (χ0) is 18.9. The number of ether oxygens (including phenoxy) is 1. The maximum atomic E-state index is 12.9. The number of amides is 3. The second-order valence-electron chi connectivity index (χ2n) is 6.80. The fraction of sp³-hybridized carbons (Fsp3) is 0.421. The smallest absolute Gasteiger partial charge is 0.325 e. The second kappa shape index (κ2) is 6.82. The Balaban J connectivity index is 1.70. The Kier molecular flexibility index (Phi) is 4.71. The van der Waals surface area contributed by atoms with Gasteiger partial charge >= 0.3 is 6.03 Å². The summed E-state index contributed by atoms with van der Waals surface area (Å²) >= 11 is 0. The van der Waals surface area contributed by atoms with E-state index in [-0.39, 0.29) is 18.5 Å². The van der Waals surface area contributed by atoms with Gasteiger partial charge in [0.25, 0.3) is 5.91 Å². The number of aromatic nitrogens is 1. The average Bonchev–Trinajstić information content (AvgIpc) is 3.05. The molecular formula is C19H23N3O4. The molecule has 0 spiro atoms. The standard InChI is InChI=1S/C19H23N3O4/c1-12-16(13(2)26-21-12)11-22-17(23)19(3,20-18(22)24)10-9-14-5-7-15(25-4)8-6-14/h5-8H,9-11H2,1-4H3,(H,20,24)/t19-/m0/s1. The van der Waals surface area contributed by atoms with Crippen LogP contribution in [0.25, 0.3) is 0 Å². The SMILES string of the molecule is COc1ccc(CC[C@]2(C)NC(=O)N(Cc3c(C)noc3C)C2=O)cc1. The molecule has 0 radical (unpaired) electrons. The van der Waals surface area contributed by atoms with Crippen molar-refractivity contribution in [2.75, 3.05) is 7.11 Å². The van der Waals surface area contributed by atoms with Gasteiger partial charge in [0.2, 0.25) is 0 Å². The highest BCUT2D eigenvalue weighted by atomic mass is 16.5. The number of nitrogens with one attached hydrogen (secondary N) is 1. The van der Waals surface area contributed by atoms with Gasteiger partial charge in [-0.1, -0.05) is 17.3 Å². The number of nitrogens with zero attached hydrogens (tertiary/aromatic N) is 2. The van der Waals surface area contributed by atoms with Gasteiger partial charge in [-0.05, 0) is 51.3 Å². The maximum Gasteiger partial charge on any atom is 0.325 e. The molecule has 1 aliphatic heterocycles. The molecular weight excluding hydrogens is 334 g/mol. The monoisotopic (exact) mass is 357 g/mol. The van der Waals surface area contributed by atoms with Crippen molar-refractivity contribution < 1.29 is 18.8 Å². The van der Waals surface area contributed by atoms with Gasteiger partial charge in [0.1, 0.15) is 17.0 Å². The Bertz CT molecular complexity index is 808. The molecule has 2 aromatic rings. The lowest BCUT2D eigenvalue weighted by atomic mass is 9.93. The van der Waals surface area contributed by atoms with Gasteiger partial charge in [-0.25, -0.2) is 4.79 Å². The molecule has 138 valence electrons. The molecule has 1 aromatic carbocycles. The number of carbonyl (C=O) groups excluding carboxylic acids is 2. The van der Waals surface area contributed by atoms with Crippen LogP contribution in [0.3, 0.4) is 0 Å². The number of rotatable bonds is 6. The topological polar surface area (TPSA) is 84.7 Å². The van der Waals surface area contributed by atoms with Gasteiger partial charge in [0, 0.05) is 5.56 Å². The average molecular weight is 357 g/mol. The first-order valence-electron chi connectivity index (χ1n) is 8.53. The second-order valence-corrected chi connectivity index (χ2v) is 6.80. The van der Waals surface area contributed by atoms with E-state index in [0.29, 0.717) is 24.3 Å². The van der Waals surface area contributed by atoms with Crippen molar-refractivity contribution in [2.24, 2.45) is 0 Å². The molecule has 1 N–H and O–H groups in total. The summed E-state index contributed by atoms with van der Waals surface area (Å²) in [7, 11) is 1.62. The van der Waals surface area contributed by atoms with E-state index in [9.17, 15) is 9.59 Å². The maximum absolute atomic E-state index is 12.9. The molecule has 0 aliphatic carbocycles. The molecule has 0 bridgehead atoms. The van der Waals surface area contributed by atoms with Crippen LogP contribution in [0.2, 0.25) is 0 Å². The van der Waals surface area contributed by atoms with Gasteiger partial charge in [0.05, 0.1) is 19.3 Å². The number of urea groups is 1. The third-order valence-corrected chi connectivity index (χ3v) is 4.92. The van der Waals surface area contributed by atoms with E-state index in [0.717, 1.165) is 16.9 Å². The first-order chi connectivity index (χ1) is 12.3. The van der Waals surface area contributed by atoms with E-state index in [2.05, 4.69) is 10.5 Å². The predicted molar refractivity (Wildman–Crippen MR) is 94.8 cm³/mol. The summed E-state index contributed by atoms with van der Waals surface area (Å²) in [6.07, 6.45) is 1.19. The summed E-state index contributed by atoms with van der Waals surface area (Å²) in [6, 6.07) is 7.32. The molecule has 2 heterocycles. The fourth-order valence-corrected chi connectivity index (χ4v) is 3.13. The number of methoxy groups -OCH3 is 1. The predicted octanol–water partition coefficient (Wildman–Crippen LogP) is 2.74. The lowest BCUT2D eigenvalue weighted by Gasteiger charge is -2.21. The Morgan fingerprint density at radius 2 is 1.92 bits per heavy atom. The highest BCUT2D eigenvalue weighted by Crippen LogP contribution is 2.26. The summed E-state index contributed by atoms with van der Waals surface area (Å²) in [5.74, 6) is 1.18. The van der Waals surface area contributed by atoms with Crippen LogP contribution in [0.1, 0.15) is 35.9 Å². The van der Waals surface area contributed by atoms with Crippen molar-refractivity contribution in [3.05, 3.63) is 46.8 Å². The molecule has 3 amide bonds. The lowest BCUT2D eigenvalue weighted by Crippen LogP contribution is -2.44. The molecule has 3 rings (SSSR count). The van der Waals surface area contributed by atoms with E-state index < -0.39 is 5.54 Å². The van der Waals surface area contributed by atoms with Crippen molar-refractivity contribution in [3.8, 4) is 5.75 Å². The van der Waals surface area contributed by atoms with Crippen LogP contribution >= 0.6 is 0 Å². The first kappa shape index (κ1) is 18.0. The normalized spacial score (nSPS) is 19.8. The molecule has 7 heteroatoms. The van der Waals surface area contributed by atoms with Crippen molar-refractivity contribution >= 4 is 11.9 Å². The number of benzene rings is 1. The van der Waals surface area contributed by atoms with Gasteiger partial charge in [-0.15, -0.1) is 0 Å². The first-order valence-corrected chi connectivity index (χ1v) is 8.53. The van der Waals surface area contributed by atoms with Crippen molar-refractivity contribution in [1.29, 1.82) is 0 Å². The molecule has 0 saturated carbocycles. The molecule has 1 saturated heterocycles. The zero-order valence-corrected chi connectivity index (χ0v) is 15.5. The minimum absolute atomic E-state index is 0.171. The molecule has 1 aliphatic rings. The van der Waals surface area contributed by atoms with Crippen LogP contribution in [-0.2, 0) is 17.8 Å². The summed E-state index contributed by atoms with van der Waals surface area (Å²) in [5.41, 5.74) is 1.62. The number of carbonyl (C=O) groups is 2. The van der Waals surface area contributed by atoms with E-state index >= 15 is 0 Å².